The minimum absolute atomic E-state index is 0.117. The summed E-state index contributed by atoms with van der Waals surface area (Å²) in [6.07, 6.45) is 4.36. The number of amides is 1. The van der Waals surface area contributed by atoms with Crippen molar-refractivity contribution >= 4 is 34.3 Å². The van der Waals surface area contributed by atoms with Crippen LogP contribution in [0.5, 0.6) is 0 Å². The predicted molar refractivity (Wildman–Crippen MR) is 138 cm³/mol. The first kappa shape index (κ1) is 24.5. The number of aromatic amines is 1. The Balaban J connectivity index is 1.46. The number of H-pyrrole nitrogens is 1. The van der Waals surface area contributed by atoms with Crippen molar-refractivity contribution in [3.63, 3.8) is 0 Å². The van der Waals surface area contributed by atoms with Gasteiger partial charge in [-0.1, -0.05) is 12.1 Å². The molecule has 5 aromatic rings. The van der Waals surface area contributed by atoms with Gasteiger partial charge in [0.2, 0.25) is 0 Å². The molecule has 0 radical (unpaired) electrons. The van der Waals surface area contributed by atoms with Crippen LogP contribution >= 0.6 is 0 Å². The van der Waals surface area contributed by atoms with E-state index in [0.29, 0.717) is 34.1 Å². The minimum atomic E-state index is -0.954. The van der Waals surface area contributed by atoms with Crippen LogP contribution in [0, 0.1) is 23.0 Å². The Hall–Kier alpha value is -5.24. The van der Waals surface area contributed by atoms with Crippen molar-refractivity contribution in [2.75, 3.05) is 10.6 Å². The predicted octanol–water partition coefficient (Wildman–Crippen LogP) is 5.49. The van der Waals surface area contributed by atoms with Crippen LogP contribution in [0.2, 0.25) is 0 Å². The molecule has 0 saturated heterocycles. The Morgan fingerprint density at radius 3 is 2.63 bits per heavy atom. The fourth-order valence-corrected chi connectivity index (χ4v) is 3.83. The quantitative estimate of drug-likeness (QED) is 0.275. The van der Waals surface area contributed by atoms with Gasteiger partial charge in [0.1, 0.15) is 35.0 Å². The summed E-state index contributed by atoms with van der Waals surface area (Å²) in [5.41, 5.74) is 1.67. The molecule has 1 amide bonds. The number of imidazole rings is 1. The van der Waals surface area contributed by atoms with Crippen molar-refractivity contribution in [2.24, 2.45) is 0 Å². The van der Waals surface area contributed by atoms with Crippen LogP contribution in [0.1, 0.15) is 29.8 Å². The van der Waals surface area contributed by atoms with Crippen LogP contribution in [0.25, 0.3) is 22.4 Å². The number of hydrogen-bond acceptors (Lipinski definition) is 7. The Morgan fingerprint density at radius 2 is 1.82 bits per heavy atom. The number of halogens is 2. The third-order valence-electron chi connectivity index (χ3n) is 5.96. The number of anilines is 3. The molecule has 0 saturated carbocycles. The molecule has 3 aromatic heterocycles. The second-order valence-corrected chi connectivity index (χ2v) is 8.93. The number of aromatic nitrogens is 5. The fraction of sp³-hybridized carbons (Fsp3) is 0.111. The molecule has 0 unspecified atom stereocenters. The summed E-state index contributed by atoms with van der Waals surface area (Å²) in [5, 5.41) is 14.8. The highest BCUT2D eigenvalue weighted by Gasteiger charge is 2.22. The second-order valence-electron chi connectivity index (χ2n) is 8.93. The molecule has 9 nitrogen and oxygen atoms in total. The summed E-state index contributed by atoms with van der Waals surface area (Å²) in [5.74, 6) is -2.21. The maximum Gasteiger partial charge on any atom is 0.255 e. The maximum atomic E-state index is 14.8. The lowest BCUT2D eigenvalue weighted by Crippen LogP contribution is -2.17. The summed E-state index contributed by atoms with van der Waals surface area (Å²) < 4.78 is 29.5. The molecule has 11 heteroatoms. The van der Waals surface area contributed by atoms with Gasteiger partial charge in [0, 0.05) is 23.4 Å². The molecule has 0 aliphatic carbocycles. The van der Waals surface area contributed by atoms with E-state index in [4.69, 9.17) is 0 Å². The SMILES string of the molecule is CC(C)(C#N)c1cccc(C(=O)Nc2cc(Nc3ncccc3-c3ncnc4[nH]cnc34)c(F)cc2F)c1. The van der Waals surface area contributed by atoms with E-state index in [1.165, 1.54) is 18.9 Å². The van der Waals surface area contributed by atoms with Crippen LogP contribution in [-0.2, 0) is 5.41 Å². The molecule has 38 heavy (non-hydrogen) atoms. The summed E-state index contributed by atoms with van der Waals surface area (Å²) in [6, 6.07) is 13.9. The van der Waals surface area contributed by atoms with Gasteiger partial charge in [-0.25, -0.2) is 28.7 Å². The van der Waals surface area contributed by atoms with Crippen molar-refractivity contribution in [2.45, 2.75) is 19.3 Å². The van der Waals surface area contributed by atoms with E-state index in [1.54, 1.807) is 50.2 Å². The molecule has 3 N–H and O–H groups in total. The highest BCUT2D eigenvalue weighted by molar-refractivity contribution is 6.04. The van der Waals surface area contributed by atoms with Gasteiger partial charge in [0.25, 0.3) is 5.91 Å². The van der Waals surface area contributed by atoms with Gasteiger partial charge in [-0.3, -0.25) is 4.79 Å². The number of hydrogen-bond donors (Lipinski definition) is 3. The first-order valence-corrected chi connectivity index (χ1v) is 11.5. The van der Waals surface area contributed by atoms with Crippen LogP contribution in [0.15, 0.2) is 67.4 Å². The first-order chi connectivity index (χ1) is 18.3. The zero-order chi connectivity index (χ0) is 26.9. The average Bonchev–Trinajstić information content (AvgIpc) is 3.41. The van der Waals surface area contributed by atoms with Crippen LogP contribution < -0.4 is 10.6 Å². The van der Waals surface area contributed by atoms with Crippen LogP contribution in [-0.4, -0.2) is 30.8 Å². The third kappa shape index (κ3) is 4.62. The number of rotatable bonds is 6. The lowest BCUT2D eigenvalue weighted by Gasteiger charge is -2.17. The van der Waals surface area contributed by atoms with Crippen LogP contribution in [0.4, 0.5) is 26.0 Å². The molecule has 2 aromatic carbocycles. The second kappa shape index (κ2) is 9.67. The number of fused-ring (bicyclic) bond motifs is 1. The Labute approximate surface area is 215 Å². The van der Waals surface area contributed by atoms with Crippen molar-refractivity contribution in [1.82, 2.24) is 24.9 Å². The average molecular weight is 511 g/mol. The van der Waals surface area contributed by atoms with Gasteiger partial charge in [-0.15, -0.1) is 0 Å². The van der Waals surface area contributed by atoms with E-state index in [-0.39, 0.29) is 22.8 Å². The van der Waals surface area contributed by atoms with E-state index in [0.717, 1.165) is 6.07 Å². The molecule has 3 heterocycles. The van der Waals surface area contributed by atoms with E-state index in [9.17, 15) is 18.8 Å². The first-order valence-electron chi connectivity index (χ1n) is 11.5. The topological polar surface area (TPSA) is 132 Å². The standard InChI is InChI=1S/C27H20F2N8O/c1-27(2,12-30)16-6-3-5-15(9-16)26(38)37-21-11-20(18(28)10-19(21)29)36-24-17(7-4-8-31-24)22-23-25(34-13-32-22)35-14-33-23/h3-11,13-14H,1-2H3,(H,31,36)(H,37,38)(H,32,33,34,35). The molecule has 0 spiro atoms. The van der Waals surface area contributed by atoms with E-state index in [2.05, 4.69) is 41.6 Å². The summed E-state index contributed by atoms with van der Waals surface area (Å²) in [4.78, 5) is 32.8. The van der Waals surface area contributed by atoms with Crippen molar-refractivity contribution < 1.29 is 13.6 Å². The van der Waals surface area contributed by atoms with Gasteiger partial charge in [-0.2, -0.15) is 5.26 Å². The lowest BCUT2D eigenvalue weighted by molar-refractivity contribution is 0.102. The lowest BCUT2D eigenvalue weighted by atomic mass is 9.85. The van der Waals surface area contributed by atoms with Crippen molar-refractivity contribution in [1.29, 1.82) is 5.26 Å². The zero-order valence-electron chi connectivity index (χ0n) is 20.3. The van der Waals surface area contributed by atoms with Gasteiger partial charge in [0.05, 0.1) is 29.2 Å². The Kier molecular flexibility index (Phi) is 6.22. The molecular formula is C27H20F2N8O. The molecule has 0 fully saturated rings. The highest BCUT2D eigenvalue weighted by atomic mass is 19.1. The number of carbonyl (C=O) groups is 1. The summed E-state index contributed by atoms with van der Waals surface area (Å²) >= 11 is 0. The minimum Gasteiger partial charge on any atom is -0.337 e. The van der Waals surface area contributed by atoms with E-state index in [1.807, 2.05) is 0 Å². The number of nitrogens with one attached hydrogen (secondary N) is 3. The van der Waals surface area contributed by atoms with E-state index >= 15 is 0 Å². The molecule has 0 atom stereocenters. The number of nitriles is 1. The summed E-state index contributed by atoms with van der Waals surface area (Å²) in [6.45, 7) is 3.46. The normalized spacial score (nSPS) is 11.2. The van der Waals surface area contributed by atoms with Crippen molar-refractivity contribution in [3.8, 4) is 17.3 Å². The number of benzene rings is 2. The Morgan fingerprint density at radius 1 is 1.00 bits per heavy atom. The number of nitrogens with zero attached hydrogens (tertiary/aromatic N) is 5. The number of carbonyl (C=O) groups excluding carboxylic acids is 1. The van der Waals surface area contributed by atoms with E-state index < -0.39 is 23.0 Å². The molecular weight excluding hydrogens is 490 g/mol. The van der Waals surface area contributed by atoms with Gasteiger partial charge < -0.3 is 15.6 Å². The molecule has 5 rings (SSSR count). The largest absolute Gasteiger partial charge is 0.337 e. The van der Waals surface area contributed by atoms with Gasteiger partial charge in [0.15, 0.2) is 5.65 Å². The van der Waals surface area contributed by atoms with Crippen LogP contribution in [0.3, 0.4) is 0 Å². The maximum absolute atomic E-state index is 14.8. The molecule has 0 bridgehead atoms. The highest BCUT2D eigenvalue weighted by Crippen LogP contribution is 2.33. The third-order valence-corrected chi connectivity index (χ3v) is 5.96. The van der Waals surface area contributed by atoms with Gasteiger partial charge >= 0.3 is 0 Å². The monoisotopic (exact) mass is 510 g/mol. The van der Waals surface area contributed by atoms with Crippen molar-refractivity contribution in [3.05, 3.63) is 90.1 Å². The van der Waals surface area contributed by atoms with Gasteiger partial charge in [-0.05, 0) is 49.7 Å². The fourth-order valence-electron chi connectivity index (χ4n) is 3.83. The Bertz CT molecular complexity index is 1720. The molecule has 0 aliphatic heterocycles. The smallest absolute Gasteiger partial charge is 0.255 e. The molecule has 0 aliphatic rings. The zero-order valence-corrected chi connectivity index (χ0v) is 20.3. The number of pyridine rings is 1. The molecule has 188 valence electrons. The summed E-state index contributed by atoms with van der Waals surface area (Å²) in [7, 11) is 0.